The molecule has 4 nitrogen and oxygen atoms in total. The summed E-state index contributed by atoms with van der Waals surface area (Å²) in [6.45, 7) is 4.73. The van der Waals surface area contributed by atoms with Gasteiger partial charge in [0.05, 0.1) is 6.61 Å². The van der Waals surface area contributed by atoms with Crippen molar-refractivity contribution < 1.29 is 9.53 Å². The van der Waals surface area contributed by atoms with Crippen LogP contribution in [-0.4, -0.2) is 31.7 Å². The molecule has 1 amide bonds. The number of nitrogens with two attached hydrogens (primary N) is 1. The topological polar surface area (TPSA) is 64.3 Å². The highest BCUT2D eigenvalue weighted by atomic mass is 16.5. The molecule has 0 aromatic heterocycles. The van der Waals surface area contributed by atoms with Gasteiger partial charge in [-0.05, 0) is 18.3 Å². The fourth-order valence-electron chi connectivity index (χ4n) is 2.33. The van der Waals surface area contributed by atoms with Gasteiger partial charge in [-0.15, -0.1) is 0 Å². The Balaban J connectivity index is 2.43. The Morgan fingerprint density at radius 3 is 2.81 bits per heavy atom. The van der Waals surface area contributed by atoms with Crippen LogP contribution in [0, 0.1) is 11.8 Å². The molecule has 1 fully saturated rings. The van der Waals surface area contributed by atoms with Crippen LogP contribution in [0.1, 0.15) is 33.1 Å². The summed E-state index contributed by atoms with van der Waals surface area (Å²) in [4.78, 5) is 11.7. The molecule has 0 heterocycles. The zero-order valence-electron chi connectivity index (χ0n) is 10.5. The van der Waals surface area contributed by atoms with E-state index in [2.05, 4.69) is 19.2 Å². The summed E-state index contributed by atoms with van der Waals surface area (Å²) in [5.41, 5.74) is 5.69. The van der Waals surface area contributed by atoms with Gasteiger partial charge in [0, 0.05) is 13.2 Å². The van der Waals surface area contributed by atoms with E-state index in [1.807, 2.05) is 0 Å². The van der Waals surface area contributed by atoms with Crippen molar-refractivity contribution >= 4 is 5.91 Å². The summed E-state index contributed by atoms with van der Waals surface area (Å²) in [5, 5.41) is 3.04. The lowest BCUT2D eigenvalue weighted by atomic mass is 9.78. The number of carbonyl (C=O) groups excluding carboxylic acids is 1. The van der Waals surface area contributed by atoms with E-state index < -0.39 is 6.04 Å². The molecule has 0 radical (unpaired) electrons. The van der Waals surface area contributed by atoms with Gasteiger partial charge in [-0.25, -0.2) is 0 Å². The maximum atomic E-state index is 11.7. The van der Waals surface area contributed by atoms with E-state index in [9.17, 15) is 4.79 Å². The minimum atomic E-state index is -0.547. The maximum Gasteiger partial charge on any atom is 0.239 e. The second kappa shape index (κ2) is 6.21. The van der Waals surface area contributed by atoms with Crippen LogP contribution in [-0.2, 0) is 9.53 Å². The third kappa shape index (κ3) is 3.46. The molecule has 1 aliphatic rings. The third-order valence-electron chi connectivity index (χ3n) is 3.72. The predicted molar refractivity (Wildman–Crippen MR) is 64.0 cm³/mol. The van der Waals surface area contributed by atoms with Crippen molar-refractivity contribution in [3.8, 4) is 0 Å². The van der Waals surface area contributed by atoms with Gasteiger partial charge in [-0.1, -0.05) is 26.7 Å². The second-order valence-electron chi connectivity index (χ2n) is 4.94. The van der Waals surface area contributed by atoms with Gasteiger partial charge in [-0.2, -0.15) is 0 Å². The summed E-state index contributed by atoms with van der Waals surface area (Å²) < 4.78 is 4.88. The Kier molecular flexibility index (Phi) is 5.22. The Labute approximate surface area is 97.9 Å². The van der Waals surface area contributed by atoms with Crippen LogP contribution in [0.3, 0.4) is 0 Å². The molecule has 1 aliphatic carbocycles. The van der Waals surface area contributed by atoms with Crippen LogP contribution in [0.5, 0.6) is 0 Å². The molecule has 0 spiro atoms. The minimum Gasteiger partial charge on any atom is -0.383 e. The van der Waals surface area contributed by atoms with Gasteiger partial charge in [0.15, 0.2) is 0 Å². The van der Waals surface area contributed by atoms with Crippen molar-refractivity contribution in [2.24, 2.45) is 17.6 Å². The molecule has 4 atom stereocenters. The number of rotatable bonds is 4. The first-order valence-electron chi connectivity index (χ1n) is 6.11. The number of nitrogens with one attached hydrogen (secondary N) is 1. The molecule has 0 aromatic rings. The molecular formula is C12H24N2O2. The van der Waals surface area contributed by atoms with Crippen LogP contribution in [0.4, 0.5) is 0 Å². The summed E-state index contributed by atoms with van der Waals surface area (Å²) in [6, 6.07) is -0.270. The summed E-state index contributed by atoms with van der Waals surface area (Å²) in [5.74, 6) is 1.12. The van der Waals surface area contributed by atoms with E-state index in [0.717, 1.165) is 6.42 Å². The Morgan fingerprint density at radius 2 is 2.19 bits per heavy atom. The van der Waals surface area contributed by atoms with Crippen molar-refractivity contribution in [3.63, 3.8) is 0 Å². The number of carbonyl (C=O) groups is 1. The van der Waals surface area contributed by atoms with Gasteiger partial charge >= 0.3 is 0 Å². The quantitative estimate of drug-likeness (QED) is 0.751. The molecule has 0 saturated heterocycles. The van der Waals surface area contributed by atoms with E-state index >= 15 is 0 Å². The molecule has 0 aromatic carbocycles. The largest absolute Gasteiger partial charge is 0.383 e. The zero-order chi connectivity index (χ0) is 12.1. The SMILES string of the molecule is COCC(N)C(=O)NC1CCCC(C)C1C. The van der Waals surface area contributed by atoms with E-state index in [1.54, 1.807) is 7.11 Å². The van der Waals surface area contributed by atoms with Gasteiger partial charge in [0.1, 0.15) is 6.04 Å². The molecular weight excluding hydrogens is 204 g/mol. The van der Waals surface area contributed by atoms with Crippen molar-refractivity contribution in [2.45, 2.75) is 45.2 Å². The highest BCUT2D eigenvalue weighted by Crippen LogP contribution is 2.29. The monoisotopic (exact) mass is 228 g/mol. The number of amides is 1. The van der Waals surface area contributed by atoms with Crippen molar-refractivity contribution in [2.75, 3.05) is 13.7 Å². The first-order chi connectivity index (χ1) is 7.56. The summed E-state index contributed by atoms with van der Waals surface area (Å²) >= 11 is 0. The Bertz CT molecular complexity index is 233. The normalized spacial score (nSPS) is 32.1. The first-order valence-corrected chi connectivity index (χ1v) is 6.11. The van der Waals surface area contributed by atoms with Crippen LogP contribution in [0.25, 0.3) is 0 Å². The lowest BCUT2D eigenvalue weighted by Crippen LogP contribution is -2.51. The fourth-order valence-corrected chi connectivity index (χ4v) is 2.33. The molecule has 0 aliphatic heterocycles. The van der Waals surface area contributed by atoms with E-state index in [0.29, 0.717) is 11.8 Å². The number of ether oxygens (including phenoxy) is 1. The van der Waals surface area contributed by atoms with E-state index in [-0.39, 0.29) is 18.6 Å². The van der Waals surface area contributed by atoms with Crippen molar-refractivity contribution in [1.29, 1.82) is 0 Å². The van der Waals surface area contributed by atoms with Crippen LogP contribution in [0.2, 0.25) is 0 Å². The Hall–Kier alpha value is -0.610. The summed E-state index contributed by atoms with van der Waals surface area (Å²) in [7, 11) is 1.55. The lowest BCUT2D eigenvalue weighted by Gasteiger charge is -2.35. The maximum absolute atomic E-state index is 11.7. The molecule has 94 valence electrons. The molecule has 16 heavy (non-hydrogen) atoms. The molecule has 3 N–H and O–H groups in total. The molecule has 1 saturated carbocycles. The third-order valence-corrected chi connectivity index (χ3v) is 3.72. The molecule has 4 heteroatoms. The molecule has 0 bridgehead atoms. The summed E-state index contributed by atoms with van der Waals surface area (Å²) in [6.07, 6.45) is 3.52. The fraction of sp³-hybridized carbons (Fsp3) is 0.917. The standard InChI is InChI=1S/C12H24N2O2/c1-8-5-4-6-11(9(8)2)14-12(15)10(13)7-16-3/h8-11H,4-7,13H2,1-3H3,(H,14,15). The van der Waals surface area contributed by atoms with Crippen molar-refractivity contribution in [3.05, 3.63) is 0 Å². The van der Waals surface area contributed by atoms with Gasteiger partial charge in [-0.3, -0.25) is 4.79 Å². The van der Waals surface area contributed by atoms with Crippen molar-refractivity contribution in [1.82, 2.24) is 5.32 Å². The molecule has 4 unspecified atom stereocenters. The average Bonchev–Trinajstić information content (AvgIpc) is 2.25. The second-order valence-corrected chi connectivity index (χ2v) is 4.94. The number of hydrogen-bond acceptors (Lipinski definition) is 3. The average molecular weight is 228 g/mol. The Morgan fingerprint density at radius 1 is 1.50 bits per heavy atom. The highest BCUT2D eigenvalue weighted by molar-refractivity contribution is 5.81. The smallest absolute Gasteiger partial charge is 0.239 e. The van der Waals surface area contributed by atoms with Crippen LogP contribution >= 0.6 is 0 Å². The van der Waals surface area contributed by atoms with Gasteiger partial charge in [0.2, 0.25) is 5.91 Å². The minimum absolute atomic E-state index is 0.0900. The van der Waals surface area contributed by atoms with E-state index in [4.69, 9.17) is 10.5 Å². The predicted octanol–water partition coefficient (Wildman–Crippen LogP) is 0.901. The van der Waals surface area contributed by atoms with Gasteiger partial charge in [0.25, 0.3) is 0 Å². The van der Waals surface area contributed by atoms with Crippen LogP contribution < -0.4 is 11.1 Å². The zero-order valence-corrected chi connectivity index (χ0v) is 10.5. The van der Waals surface area contributed by atoms with Gasteiger partial charge < -0.3 is 15.8 Å². The number of hydrogen-bond donors (Lipinski definition) is 2. The highest BCUT2D eigenvalue weighted by Gasteiger charge is 2.29. The van der Waals surface area contributed by atoms with Crippen LogP contribution in [0.15, 0.2) is 0 Å². The number of methoxy groups -OCH3 is 1. The van der Waals surface area contributed by atoms with E-state index in [1.165, 1.54) is 12.8 Å². The lowest BCUT2D eigenvalue weighted by molar-refractivity contribution is -0.124. The molecule has 1 rings (SSSR count). The first kappa shape index (κ1) is 13.5.